The van der Waals surface area contributed by atoms with Crippen LogP contribution in [0.1, 0.15) is 40.3 Å². The van der Waals surface area contributed by atoms with Crippen LogP contribution in [-0.4, -0.2) is 35.2 Å². The Kier molecular flexibility index (Phi) is 6.86. The van der Waals surface area contributed by atoms with Crippen molar-refractivity contribution in [3.63, 3.8) is 0 Å². The minimum Gasteiger partial charge on any atom is -0.481 e. The number of aliphatic carboxylic acids is 1. The molecule has 2 aromatic rings. The number of nitrogens with zero attached hydrogens (tertiary/aromatic N) is 1. The van der Waals surface area contributed by atoms with Crippen molar-refractivity contribution in [2.45, 2.75) is 46.0 Å². The number of alkyl halides is 3. The second kappa shape index (κ2) is 9.09. The fraction of sp³-hybridized carbons (Fsp3) is 0.435. The van der Waals surface area contributed by atoms with E-state index in [-0.39, 0.29) is 5.56 Å². The van der Waals surface area contributed by atoms with Gasteiger partial charge in [0.1, 0.15) is 6.04 Å². The number of carboxylic acids is 1. The molecule has 2 aromatic carbocycles. The molecule has 1 saturated heterocycles. The molecule has 0 saturated carbocycles. The minimum atomic E-state index is -4.50. The zero-order valence-corrected chi connectivity index (χ0v) is 18.4. The molecule has 4 nitrogen and oxygen atoms in total. The first-order valence-corrected chi connectivity index (χ1v) is 10.5. The van der Waals surface area contributed by atoms with Gasteiger partial charge in [-0.3, -0.25) is 9.69 Å². The van der Waals surface area contributed by atoms with Crippen molar-refractivity contribution in [1.29, 1.82) is 0 Å². The number of likely N-dealkylation sites (tertiary alicyclic amines) is 1. The van der Waals surface area contributed by atoms with Crippen LogP contribution < -0.4 is 5.32 Å². The van der Waals surface area contributed by atoms with Crippen LogP contribution in [0.3, 0.4) is 0 Å². The Morgan fingerprint density at radius 3 is 2.52 bits per heavy atom. The van der Waals surface area contributed by atoms with Gasteiger partial charge in [0.05, 0.1) is 5.92 Å². The van der Waals surface area contributed by atoms with Crippen molar-refractivity contribution in [1.82, 2.24) is 4.90 Å². The number of benzene rings is 2. The first-order valence-electron chi connectivity index (χ1n) is 10.1. The van der Waals surface area contributed by atoms with Crippen molar-refractivity contribution >= 4 is 23.3 Å². The number of aryl methyl sites for hydroxylation is 2. The topological polar surface area (TPSA) is 52.6 Å². The molecule has 31 heavy (non-hydrogen) atoms. The Balaban J connectivity index is 1.88. The highest BCUT2D eigenvalue weighted by molar-refractivity contribution is 6.31. The first-order chi connectivity index (χ1) is 14.5. The number of hydrogen-bond donors (Lipinski definition) is 2. The van der Waals surface area contributed by atoms with E-state index in [4.69, 9.17) is 11.6 Å². The van der Waals surface area contributed by atoms with Crippen molar-refractivity contribution in [3.8, 4) is 0 Å². The van der Waals surface area contributed by atoms with E-state index in [1.807, 2.05) is 11.8 Å². The molecule has 168 valence electrons. The van der Waals surface area contributed by atoms with Crippen molar-refractivity contribution in [2.24, 2.45) is 5.92 Å². The van der Waals surface area contributed by atoms with Crippen molar-refractivity contribution in [3.05, 3.63) is 63.2 Å². The zero-order chi connectivity index (χ0) is 22.9. The molecule has 1 heterocycles. The average molecular weight is 455 g/mol. The summed E-state index contributed by atoms with van der Waals surface area (Å²) in [6.45, 7) is 7.00. The second-order valence-corrected chi connectivity index (χ2v) is 8.63. The molecule has 0 aliphatic carbocycles. The Hall–Kier alpha value is -2.25. The number of rotatable bonds is 6. The number of carbonyl (C=O) groups is 1. The van der Waals surface area contributed by atoms with E-state index in [2.05, 4.69) is 5.32 Å². The monoisotopic (exact) mass is 454 g/mol. The molecule has 2 atom stereocenters. The van der Waals surface area contributed by atoms with Gasteiger partial charge >= 0.3 is 12.1 Å². The number of carboxylic acid groups (broad SMARTS) is 1. The van der Waals surface area contributed by atoms with Gasteiger partial charge in [-0.1, -0.05) is 29.8 Å². The van der Waals surface area contributed by atoms with Gasteiger partial charge in [0.25, 0.3) is 0 Å². The summed E-state index contributed by atoms with van der Waals surface area (Å²) in [5, 5.41) is 12.3. The minimum absolute atomic E-state index is 0.0970. The molecule has 0 amide bonds. The summed E-state index contributed by atoms with van der Waals surface area (Å²) in [5.74, 6) is -1.21. The van der Waals surface area contributed by atoms with Gasteiger partial charge in [-0.05, 0) is 73.7 Å². The van der Waals surface area contributed by atoms with Crippen molar-refractivity contribution < 1.29 is 23.1 Å². The molecule has 2 N–H and O–H groups in total. The summed E-state index contributed by atoms with van der Waals surface area (Å²) >= 11 is 5.99. The Labute approximate surface area is 185 Å². The molecule has 1 aliphatic rings. The largest absolute Gasteiger partial charge is 0.481 e. The van der Waals surface area contributed by atoms with Gasteiger partial charge in [-0.2, -0.15) is 13.2 Å². The number of halogens is 4. The summed E-state index contributed by atoms with van der Waals surface area (Å²) in [6.07, 6.45) is -3.92. The fourth-order valence-corrected chi connectivity index (χ4v) is 4.17. The molecule has 1 aliphatic heterocycles. The molecule has 3 rings (SSSR count). The summed E-state index contributed by atoms with van der Waals surface area (Å²) < 4.78 is 41.8. The van der Waals surface area contributed by atoms with Gasteiger partial charge in [-0.15, -0.1) is 0 Å². The lowest BCUT2D eigenvalue weighted by molar-refractivity contribution is -0.144. The lowest BCUT2D eigenvalue weighted by atomic mass is 9.98. The van der Waals surface area contributed by atoms with E-state index in [1.54, 1.807) is 26.0 Å². The lowest BCUT2D eigenvalue weighted by Gasteiger charge is -2.26. The average Bonchev–Trinajstić information content (AvgIpc) is 3.15. The molecule has 0 bridgehead atoms. The Morgan fingerprint density at radius 2 is 1.94 bits per heavy atom. The SMILES string of the molecule is Cc1cc([C@H](Nc2ccc(C)c(CN3CCC(C(=O)O)C3)c2C)C(F)(F)F)ccc1Cl. The molecule has 1 unspecified atom stereocenters. The van der Waals surface area contributed by atoms with E-state index in [0.29, 0.717) is 42.3 Å². The summed E-state index contributed by atoms with van der Waals surface area (Å²) in [5.41, 5.74) is 3.71. The molecule has 0 aromatic heterocycles. The van der Waals surface area contributed by atoms with Gasteiger partial charge < -0.3 is 10.4 Å². The van der Waals surface area contributed by atoms with Crippen LogP contribution in [0.5, 0.6) is 0 Å². The van der Waals surface area contributed by atoms with E-state index < -0.39 is 24.1 Å². The zero-order valence-electron chi connectivity index (χ0n) is 17.7. The van der Waals surface area contributed by atoms with Crippen LogP contribution in [0.25, 0.3) is 0 Å². The Morgan fingerprint density at radius 1 is 1.23 bits per heavy atom. The van der Waals surface area contributed by atoms with E-state index in [9.17, 15) is 23.1 Å². The molecular formula is C23H26ClF3N2O2. The van der Waals surface area contributed by atoms with Crippen LogP contribution >= 0.6 is 11.6 Å². The predicted octanol–water partition coefficient (Wildman–Crippen LogP) is 5.89. The quantitative estimate of drug-likeness (QED) is 0.571. The van der Waals surface area contributed by atoms with Crippen LogP contribution in [0.2, 0.25) is 5.02 Å². The van der Waals surface area contributed by atoms with Crippen LogP contribution in [0.15, 0.2) is 30.3 Å². The van der Waals surface area contributed by atoms with E-state index in [1.165, 1.54) is 18.2 Å². The number of anilines is 1. The number of nitrogens with one attached hydrogen (secondary N) is 1. The fourth-order valence-electron chi connectivity index (χ4n) is 4.05. The van der Waals surface area contributed by atoms with Gasteiger partial charge in [0.2, 0.25) is 0 Å². The summed E-state index contributed by atoms with van der Waals surface area (Å²) in [4.78, 5) is 13.3. The van der Waals surface area contributed by atoms with Gasteiger partial charge in [0, 0.05) is 23.8 Å². The highest BCUT2D eigenvalue weighted by Crippen LogP contribution is 2.38. The molecular weight excluding hydrogens is 429 g/mol. The predicted molar refractivity (Wildman–Crippen MR) is 116 cm³/mol. The van der Waals surface area contributed by atoms with Crippen LogP contribution in [-0.2, 0) is 11.3 Å². The van der Waals surface area contributed by atoms with Crippen LogP contribution in [0.4, 0.5) is 18.9 Å². The van der Waals surface area contributed by atoms with Gasteiger partial charge in [0.15, 0.2) is 0 Å². The molecule has 0 spiro atoms. The maximum atomic E-state index is 13.9. The van der Waals surface area contributed by atoms with Gasteiger partial charge in [-0.25, -0.2) is 0 Å². The molecule has 1 fully saturated rings. The third kappa shape index (κ3) is 5.33. The third-order valence-corrected chi connectivity index (χ3v) is 6.40. The smallest absolute Gasteiger partial charge is 0.412 e. The summed E-state index contributed by atoms with van der Waals surface area (Å²) in [6, 6.07) is 5.91. The Bertz CT molecular complexity index is 978. The van der Waals surface area contributed by atoms with Crippen molar-refractivity contribution in [2.75, 3.05) is 18.4 Å². The lowest BCUT2D eigenvalue weighted by Crippen LogP contribution is -2.28. The third-order valence-electron chi connectivity index (χ3n) is 5.98. The summed E-state index contributed by atoms with van der Waals surface area (Å²) in [7, 11) is 0. The maximum Gasteiger partial charge on any atom is 0.412 e. The maximum absolute atomic E-state index is 13.9. The highest BCUT2D eigenvalue weighted by atomic mass is 35.5. The number of hydrogen-bond acceptors (Lipinski definition) is 3. The first kappa shape index (κ1) is 23.4. The highest BCUT2D eigenvalue weighted by Gasteiger charge is 2.41. The van der Waals surface area contributed by atoms with Crippen LogP contribution in [0, 0.1) is 26.7 Å². The standard InChI is InChI=1S/C23H26ClF3N2O2/c1-13-4-7-20(15(3)18(13)12-29-9-8-17(11-29)22(30)31)28-21(23(25,26)27)16-5-6-19(24)14(2)10-16/h4-7,10,17,21,28H,8-9,11-12H2,1-3H3,(H,30,31)/t17?,21-/m0/s1. The molecule has 8 heteroatoms. The van der Waals surface area contributed by atoms with E-state index in [0.717, 1.165) is 16.7 Å². The molecule has 0 radical (unpaired) electrons. The second-order valence-electron chi connectivity index (χ2n) is 8.22. The van der Waals surface area contributed by atoms with E-state index >= 15 is 0 Å². The normalized spacial score (nSPS) is 18.2.